The van der Waals surface area contributed by atoms with Crippen LogP contribution in [-0.2, 0) is 6.42 Å². The van der Waals surface area contributed by atoms with Crippen molar-refractivity contribution in [1.29, 1.82) is 5.26 Å². The van der Waals surface area contributed by atoms with E-state index >= 15 is 0 Å². The molecule has 0 spiro atoms. The van der Waals surface area contributed by atoms with Crippen molar-refractivity contribution in [3.8, 4) is 17.8 Å². The summed E-state index contributed by atoms with van der Waals surface area (Å²) in [5.74, 6) is 0.679. The Kier molecular flexibility index (Phi) is 3.52. The molecule has 0 amide bonds. The van der Waals surface area contributed by atoms with Crippen LogP contribution in [0.2, 0.25) is 0 Å². The van der Waals surface area contributed by atoms with E-state index < -0.39 is 0 Å². The molecule has 1 aromatic heterocycles. The van der Waals surface area contributed by atoms with E-state index in [1.165, 1.54) is 14.2 Å². The zero-order valence-corrected chi connectivity index (χ0v) is 11.4. The lowest BCUT2D eigenvalue weighted by Crippen LogP contribution is -2.02. The van der Waals surface area contributed by atoms with Crippen molar-refractivity contribution in [2.24, 2.45) is 0 Å². The molecule has 0 atom stereocenters. The van der Waals surface area contributed by atoms with Gasteiger partial charge in [0.2, 0.25) is 0 Å². The molecule has 2 rings (SSSR count). The molecule has 0 aliphatic heterocycles. The number of hydrogen-bond donors (Lipinski definition) is 0. The number of fused-ring (bicyclic) bond motifs is 1. The first kappa shape index (κ1) is 13.1. The van der Waals surface area contributed by atoms with Crippen molar-refractivity contribution in [3.05, 3.63) is 22.8 Å². The Labute approximate surface area is 111 Å². The fourth-order valence-corrected chi connectivity index (χ4v) is 2.03. The van der Waals surface area contributed by atoms with Crippen molar-refractivity contribution in [2.45, 2.75) is 20.3 Å². The van der Waals surface area contributed by atoms with Crippen LogP contribution in [0.3, 0.4) is 0 Å². The first-order chi connectivity index (χ1) is 9.12. The smallest absolute Gasteiger partial charge is 0.278 e. The lowest BCUT2D eigenvalue weighted by atomic mass is 9.99. The van der Waals surface area contributed by atoms with Crippen LogP contribution in [0, 0.1) is 25.2 Å². The average Bonchev–Trinajstić information content (AvgIpc) is 2.42. The largest absolute Gasteiger partial charge is 0.477 e. The summed E-state index contributed by atoms with van der Waals surface area (Å²) in [6.07, 6.45) is 0.300. The molecule has 5 heteroatoms. The van der Waals surface area contributed by atoms with Crippen LogP contribution in [0.25, 0.3) is 11.0 Å². The highest BCUT2D eigenvalue weighted by molar-refractivity contribution is 5.82. The second-order valence-corrected chi connectivity index (χ2v) is 4.24. The molecule has 0 aliphatic rings. The van der Waals surface area contributed by atoms with Gasteiger partial charge in [0.25, 0.3) is 11.8 Å². The molecule has 1 aromatic carbocycles. The fourth-order valence-electron chi connectivity index (χ4n) is 2.03. The maximum Gasteiger partial charge on any atom is 0.278 e. The van der Waals surface area contributed by atoms with Gasteiger partial charge < -0.3 is 9.47 Å². The molecule has 0 bridgehead atoms. The summed E-state index contributed by atoms with van der Waals surface area (Å²) in [5.41, 5.74) is 4.45. The Balaban J connectivity index is 2.84. The Bertz CT molecular complexity index is 675. The van der Waals surface area contributed by atoms with E-state index in [-0.39, 0.29) is 0 Å². The Hall–Kier alpha value is -2.35. The van der Waals surface area contributed by atoms with E-state index in [1.807, 2.05) is 19.9 Å². The molecular weight excluding hydrogens is 242 g/mol. The second-order valence-electron chi connectivity index (χ2n) is 4.24. The standard InChI is InChI=1S/C14H15N3O2/c1-8-7-11-12(10(5-6-15)9(8)2)17-14(19-4)13(16-11)18-3/h7H,5H2,1-4H3. The van der Waals surface area contributed by atoms with Crippen molar-refractivity contribution in [2.75, 3.05) is 14.2 Å². The van der Waals surface area contributed by atoms with Gasteiger partial charge in [0, 0.05) is 0 Å². The molecule has 98 valence electrons. The normalized spacial score (nSPS) is 10.3. The third kappa shape index (κ3) is 2.17. The lowest BCUT2D eigenvalue weighted by Gasteiger charge is -2.12. The summed E-state index contributed by atoms with van der Waals surface area (Å²) in [5, 5.41) is 8.97. The molecule has 1 heterocycles. The first-order valence-electron chi connectivity index (χ1n) is 5.88. The Morgan fingerprint density at radius 2 is 1.79 bits per heavy atom. The topological polar surface area (TPSA) is 68.0 Å². The van der Waals surface area contributed by atoms with Gasteiger partial charge >= 0.3 is 0 Å². The molecule has 19 heavy (non-hydrogen) atoms. The summed E-state index contributed by atoms with van der Waals surface area (Å²) < 4.78 is 10.3. The molecule has 0 saturated carbocycles. The van der Waals surface area contributed by atoms with E-state index in [0.29, 0.717) is 29.2 Å². The quantitative estimate of drug-likeness (QED) is 0.844. The molecular formula is C14H15N3O2. The van der Waals surface area contributed by atoms with Gasteiger partial charge in [0.1, 0.15) is 0 Å². The number of rotatable bonds is 3. The average molecular weight is 257 g/mol. The molecule has 0 unspecified atom stereocenters. The molecule has 0 aliphatic carbocycles. The zero-order valence-electron chi connectivity index (χ0n) is 11.4. The van der Waals surface area contributed by atoms with Gasteiger partial charge in [0.15, 0.2) is 0 Å². The van der Waals surface area contributed by atoms with Gasteiger partial charge in [-0.2, -0.15) is 5.26 Å². The van der Waals surface area contributed by atoms with Gasteiger partial charge in [-0.3, -0.25) is 0 Å². The first-order valence-corrected chi connectivity index (χ1v) is 5.88. The number of hydrogen-bond acceptors (Lipinski definition) is 5. The zero-order chi connectivity index (χ0) is 14.0. The van der Waals surface area contributed by atoms with Crippen LogP contribution in [0.5, 0.6) is 11.8 Å². The third-order valence-electron chi connectivity index (χ3n) is 3.19. The number of nitrogens with zero attached hydrogens (tertiary/aromatic N) is 3. The molecule has 0 saturated heterocycles. The summed E-state index contributed by atoms with van der Waals surface area (Å²) in [6.45, 7) is 3.98. The van der Waals surface area contributed by atoms with Crippen LogP contribution >= 0.6 is 0 Å². The fraction of sp³-hybridized carbons (Fsp3) is 0.357. The highest BCUT2D eigenvalue weighted by Crippen LogP contribution is 2.29. The highest BCUT2D eigenvalue weighted by atomic mass is 16.5. The predicted octanol–water partition coefficient (Wildman–Crippen LogP) is 2.33. The van der Waals surface area contributed by atoms with Gasteiger partial charge in [-0.05, 0) is 36.6 Å². The lowest BCUT2D eigenvalue weighted by molar-refractivity contribution is 0.334. The van der Waals surface area contributed by atoms with Crippen molar-refractivity contribution < 1.29 is 9.47 Å². The third-order valence-corrected chi connectivity index (χ3v) is 3.19. The van der Waals surface area contributed by atoms with E-state index in [2.05, 4.69) is 16.0 Å². The minimum Gasteiger partial charge on any atom is -0.477 e. The van der Waals surface area contributed by atoms with Gasteiger partial charge in [-0.25, -0.2) is 9.97 Å². The minimum absolute atomic E-state index is 0.300. The summed E-state index contributed by atoms with van der Waals surface area (Å²) >= 11 is 0. The maximum atomic E-state index is 8.97. The number of aromatic nitrogens is 2. The highest BCUT2D eigenvalue weighted by Gasteiger charge is 2.15. The Morgan fingerprint density at radius 1 is 1.16 bits per heavy atom. The van der Waals surface area contributed by atoms with Crippen molar-refractivity contribution in [3.63, 3.8) is 0 Å². The number of methoxy groups -OCH3 is 2. The monoisotopic (exact) mass is 257 g/mol. The number of ether oxygens (including phenoxy) is 2. The molecule has 0 N–H and O–H groups in total. The second kappa shape index (κ2) is 5.11. The minimum atomic E-state index is 0.300. The van der Waals surface area contributed by atoms with Crippen molar-refractivity contribution >= 4 is 11.0 Å². The molecule has 0 radical (unpaired) electrons. The van der Waals surface area contributed by atoms with E-state index in [9.17, 15) is 0 Å². The number of benzene rings is 1. The molecule has 0 fully saturated rings. The summed E-state index contributed by atoms with van der Waals surface area (Å²) in [7, 11) is 3.04. The van der Waals surface area contributed by atoms with E-state index in [1.54, 1.807) is 0 Å². The van der Waals surface area contributed by atoms with Crippen LogP contribution < -0.4 is 9.47 Å². The number of nitriles is 1. The summed E-state index contributed by atoms with van der Waals surface area (Å²) in [6, 6.07) is 4.12. The predicted molar refractivity (Wildman–Crippen MR) is 71.4 cm³/mol. The maximum absolute atomic E-state index is 8.97. The van der Waals surface area contributed by atoms with Gasteiger partial charge in [0.05, 0.1) is 37.7 Å². The van der Waals surface area contributed by atoms with Gasteiger partial charge in [-0.15, -0.1) is 0 Å². The van der Waals surface area contributed by atoms with Crippen molar-refractivity contribution in [1.82, 2.24) is 9.97 Å². The Morgan fingerprint density at radius 3 is 2.37 bits per heavy atom. The van der Waals surface area contributed by atoms with Gasteiger partial charge in [-0.1, -0.05) is 0 Å². The van der Waals surface area contributed by atoms with Crippen LogP contribution in [0.1, 0.15) is 16.7 Å². The van der Waals surface area contributed by atoms with Crippen LogP contribution in [0.15, 0.2) is 6.07 Å². The molecule has 2 aromatic rings. The number of aryl methyl sites for hydroxylation is 1. The SMILES string of the molecule is COc1nc2cc(C)c(C)c(CC#N)c2nc1OC. The molecule has 5 nitrogen and oxygen atoms in total. The summed E-state index contributed by atoms with van der Waals surface area (Å²) in [4.78, 5) is 8.81. The van der Waals surface area contributed by atoms with Crippen LogP contribution in [0.4, 0.5) is 0 Å². The van der Waals surface area contributed by atoms with Crippen LogP contribution in [-0.4, -0.2) is 24.2 Å². The van der Waals surface area contributed by atoms with E-state index in [0.717, 1.165) is 16.7 Å². The van der Waals surface area contributed by atoms with E-state index in [4.69, 9.17) is 14.7 Å².